The van der Waals surface area contributed by atoms with Gasteiger partial charge in [0.25, 0.3) is 0 Å². The summed E-state index contributed by atoms with van der Waals surface area (Å²) in [7, 11) is -2.65. The summed E-state index contributed by atoms with van der Waals surface area (Å²) in [5.74, 6) is 3.50. The molecule has 0 fully saturated rings. The zero-order valence-corrected chi connectivity index (χ0v) is 17.9. The third-order valence-electron chi connectivity index (χ3n) is 3.21. The van der Waals surface area contributed by atoms with E-state index in [1.54, 1.807) is 0 Å². The Morgan fingerprint density at radius 2 is 1.41 bits per heavy atom. The number of benzene rings is 1. The molecule has 0 aromatic heterocycles. The second kappa shape index (κ2) is 6.60. The van der Waals surface area contributed by atoms with Crippen molar-refractivity contribution in [2.75, 3.05) is 0 Å². The quantitative estimate of drug-likeness (QED) is 0.453. The first kappa shape index (κ1) is 19.0. The highest BCUT2D eigenvalue weighted by Gasteiger charge is 2.15. The van der Waals surface area contributed by atoms with Gasteiger partial charge in [-0.25, -0.2) is 0 Å². The Morgan fingerprint density at radius 3 is 1.77 bits per heavy atom. The molecule has 0 aliphatic rings. The van der Waals surface area contributed by atoms with E-state index < -0.39 is 16.1 Å². The number of rotatable bonds is 2. The van der Waals surface area contributed by atoms with E-state index in [0.717, 1.165) is 0 Å². The molecular formula is C20H32Si2. The first-order valence-electron chi connectivity index (χ1n) is 8.15. The molecule has 0 aliphatic heterocycles. The third kappa shape index (κ3) is 6.81. The fourth-order valence-corrected chi connectivity index (χ4v) is 3.64. The summed E-state index contributed by atoms with van der Waals surface area (Å²) in [6.07, 6.45) is 0. The third-order valence-corrected chi connectivity index (χ3v) is 5.24. The van der Waals surface area contributed by atoms with Crippen LogP contribution in [0.1, 0.15) is 31.9 Å². The van der Waals surface area contributed by atoms with E-state index >= 15 is 0 Å². The molecule has 0 radical (unpaired) electrons. The normalized spacial score (nSPS) is 13.6. The Balaban J connectivity index is 3.28. The van der Waals surface area contributed by atoms with E-state index in [1.165, 1.54) is 16.7 Å². The van der Waals surface area contributed by atoms with Crippen molar-refractivity contribution in [2.45, 2.75) is 65.5 Å². The topological polar surface area (TPSA) is 0 Å². The van der Waals surface area contributed by atoms with E-state index in [-0.39, 0.29) is 5.41 Å². The van der Waals surface area contributed by atoms with Crippen molar-refractivity contribution in [3.63, 3.8) is 0 Å². The first-order chi connectivity index (χ1) is 9.78. The maximum atomic E-state index is 3.53. The minimum atomic E-state index is -1.36. The lowest BCUT2D eigenvalue weighted by atomic mass is 9.86. The van der Waals surface area contributed by atoms with Gasteiger partial charge >= 0.3 is 0 Å². The molecule has 1 aromatic rings. The molecule has 1 aromatic carbocycles. The monoisotopic (exact) mass is 328 g/mol. The van der Waals surface area contributed by atoms with Crippen LogP contribution in [0.5, 0.6) is 0 Å². The zero-order valence-electron chi connectivity index (χ0n) is 15.9. The summed E-state index contributed by atoms with van der Waals surface area (Å²) in [5, 5.41) is 0. The molecule has 120 valence electrons. The van der Waals surface area contributed by atoms with Crippen molar-refractivity contribution in [2.24, 2.45) is 0 Å². The van der Waals surface area contributed by atoms with Gasteiger partial charge in [0.1, 0.15) is 8.07 Å². The lowest BCUT2D eigenvalue weighted by Gasteiger charge is -2.19. The predicted octanol–water partition coefficient (Wildman–Crippen LogP) is 6.13. The van der Waals surface area contributed by atoms with Crippen LogP contribution in [-0.2, 0) is 5.41 Å². The van der Waals surface area contributed by atoms with Crippen LogP contribution in [0.15, 0.2) is 30.0 Å². The Hall–Kier alpha value is -1.05. The van der Waals surface area contributed by atoms with E-state index in [9.17, 15) is 0 Å². The fourth-order valence-electron chi connectivity index (χ4n) is 2.03. The lowest BCUT2D eigenvalue weighted by Crippen LogP contribution is -2.18. The van der Waals surface area contributed by atoms with Crippen LogP contribution < -0.4 is 0 Å². The summed E-state index contributed by atoms with van der Waals surface area (Å²) in [6.45, 7) is 20.8. The van der Waals surface area contributed by atoms with Crippen LogP contribution in [-0.4, -0.2) is 16.1 Å². The van der Waals surface area contributed by atoms with Gasteiger partial charge in [0.2, 0.25) is 0 Å². The van der Waals surface area contributed by atoms with Crippen molar-refractivity contribution in [3.8, 4) is 11.5 Å². The molecule has 0 amide bonds. The fraction of sp³-hybridized carbons (Fsp3) is 0.500. The minimum Gasteiger partial charge on any atom is -0.127 e. The van der Waals surface area contributed by atoms with Crippen LogP contribution in [0, 0.1) is 11.5 Å². The van der Waals surface area contributed by atoms with Gasteiger partial charge in [0, 0.05) is 5.57 Å². The molecule has 0 bridgehead atoms. The average Bonchev–Trinajstić information content (AvgIpc) is 2.31. The smallest absolute Gasteiger partial charge is 0.127 e. The molecule has 0 saturated heterocycles. The van der Waals surface area contributed by atoms with Crippen molar-refractivity contribution in [3.05, 3.63) is 41.1 Å². The summed E-state index contributed by atoms with van der Waals surface area (Å²) in [4.78, 5) is 0. The molecule has 0 atom stereocenters. The highest BCUT2D eigenvalue weighted by atomic mass is 28.3. The summed E-state index contributed by atoms with van der Waals surface area (Å²) in [5.41, 5.74) is 10.0. The first-order valence-corrected chi connectivity index (χ1v) is 15.2. The average molecular weight is 329 g/mol. The van der Waals surface area contributed by atoms with Gasteiger partial charge in [0.15, 0.2) is 0 Å². The molecule has 0 N–H and O–H groups in total. The summed E-state index contributed by atoms with van der Waals surface area (Å²) < 4.78 is 0. The predicted molar refractivity (Wildman–Crippen MR) is 108 cm³/mol. The van der Waals surface area contributed by atoms with Gasteiger partial charge < -0.3 is 0 Å². The minimum absolute atomic E-state index is 0.200. The van der Waals surface area contributed by atoms with Gasteiger partial charge in [-0.1, -0.05) is 95.9 Å². The molecule has 1 rings (SSSR count). The maximum Gasteiger partial charge on any atom is 0.129 e. The SMILES string of the molecule is CC(C)(C)c1ccc(/C(C#C[Si](C)(C)C)=C/[Si](C)(C)C)cc1. The molecule has 22 heavy (non-hydrogen) atoms. The Bertz CT molecular complexity index is 589. The van der Waals surface area contributed by atoms with E-state index in [4.69, 9.17) is 0 Å². The molecule has 0 aliphatic carbocycles. The van der Waals surface area contributed by atoms with Gasteiger partial charge in [-0.05, 0) is 16.5 Å². The highest BCUT2D eigenvalue weighted by Crippen LogP contribution is 2.25. The maximum absolute atomic E-state index is 3.53. The van der Waals surface area contributed by atoms with Crippen molar-refractivity contribution >= 4 is 21.7 Å². The van der Waals surface area contributed by atoms with Crippen molar-refractivity contribution in [1.82, 2.24) is 0 Å². The van der Waals surface area contributed by atoms with Crippen LogP contribution in [0.2, 0.25) is 39.3 Å². The molecule has 0 saturated carbocycles. The summed E-state index contributed by atoms with van der Waals surface area (Å²) >= 11 is 0. The van der Waals surface area contributed by atoms with Gasteiger partial charge in [-0.2, -0.15) is 0 Å². The number of hydrogen-bond acceptors (Lipinski definition) is 0. The largest absolute Gasteiger partial charge is 0.129 e. The Labute approximate surface area is 140 Å². The second-order valence-corrected chi connectivity index (χ2v) is 19.0. The van der Waals surface area contributed by atoms with Crippen molar-refractivity contribution < 1.29 is 0 Å². The number of hydrogen-bond donors (Lipinski definition) is 0. The zero-order chi connectivity index (χ0) is 17.2. The van der Waals surface area contributed by atoms with Crippen LogP contribution in [0.25, 0.3) is 5.57 Å². The number of allylic oxidation sites excluding steroid dienone is 1. The van der Waals surface area contributed by atoms with Crippen LogP contribution in [0.4, 0.5) is 0 Å². The molecule has 0 unspecified atom stereocenters. The van der Waals surface area contributed by atoms with Crippen LogP contribution in [0.3, 0.4) is 0 Å². The van der Waals surface area contributed by atoms with Gasteiger partial charge in [0.05, 0.1) is 8.07 Å². The van der Waals surface area contributed by atoms with Gasteiger partial charge in [-0.15, -0.1) is 5.54 Å². The summed E-state index contributed by atoms with van der Waals surface area (Å²) in [6, 6.07) is 8.99. The Morgan fingerprint density at radius 1 is 0.909 bits per heavy atom. The Kier molecular flexibility index (Phi) is 5.70. The molecule has 2 heteroatoms. The lowest BCUT2D eigenvalue weighted by molar-refractivity contribution is 0.590. The van der Waals surface area contributed by atoms with E-state index in [0.29, 0.717) is 0 Å². The molecule has 0 nitrogen and oxygen atoms in total. The van der Waals surface area contributed by atoms with Gasteiger partial charge in [-0.3, -0.25) is 0 Å². The van der Waals surface area contributed by atoms with E-state index in [1.807, 2.05) is 0 Å². The molecule has 0 heterocycles. The second-order valence-electron chi connectivity index (χ2n) is 9.25. The molecular weight excluding hydrogens is 296 g/mol. The van der Waals surface area contributed by atoms with Crippen LogP contribution >= 0.6 is 0 Å². The molecule has 0 spiro atoms. The van der Waals surface area contributed by atoms with Crippen molar-refractivity contribution in [1.29, 1.82) is 0 Å². The standard InChI is InChI=1S/C20H32Si2/c1-20(2,3)19-12-10-17(11-13-19)18(16-22(7,8)9)14-15-21(4,5)6/h10-13,16H,1-9H3/b18-16+. The highest BCUT2D eigenvalue weighted by molar-refractivity contribution is 6.84. The van der Waals surface area contributed by atoms with E-state index in [2.05, 4.69) is 101 Å².